The van der Waals surface area contributed by atoms with Crippen LogP contribution in [0.15, 0.2) is 18.2 Å². The molecular weight excluding hydrogens is 232 g/mol. The topological polar surface area (TPSA) is 12.0 Å². The zero-order valence-corrected chi connectivity index (χ0v) is 10.9. The monoisotopic (exact) mass is 253 g/mol. The Bertz CT molecular complexity index is 372. The van der Waals surface area contributed by atoms with Crippen LogP contribution in [0.4, 0.5) is 8.78 Å². The summed E-state index contributed by atoms with van der Waals surface area (Å²) < 4.78 is 26.5. The van der Waals surface area contributed by atoms with E-state index in [1.54, 1.807) is 0 Å². The SMILES string of the molecule is CNCC1(Cc2cc(F)cc(F)c2)CCCCC1. The molecule has 18 heavy (non-hydrogen) atoms. The van der Waals surface area contributed by atoms with Gasteiger partial charge in [0.2, 0.25) is 0 Å². The van der Waals surface area contributed by atoms with Crippen molar-refractivity contribution in [3.05, 3.63) is 35.4 Å². The van der Waals surface area contributed by atoms with E-state index in [-0.39, 0.29) is 5.41 Å². The number of hydrogen-bond donors (Lipinski definition) is 1. The summed E-state index contributed by atoms with van der Waals surface area (Å²) in [6.07, 6.45) is 6.78. The molecule has 0 bridgehead atoms. The molecule has 0 atom stereocenters. The molecule has 1 nitrogen and oxygen atoms in total. The highest BCUT2D eigenvalue weighted by Gasteiger charge is 2.31. The maximum Gasteiger partial charge on any atom is 0.126 e. The third-order valence-corrected chi connectivity index (χ3v) is 3.97. The molecule has 1 aromatic rings. The van der Waals surface area contributed by atoms with E-state index in [1.807, 2.05) is 7.05 Å². The second-order valence-corrected chi connectivity index (χ2v) is 5.55. The molecule has 1 fully saturated rings. The summed E-state index contributed by atoms with van der Waals surface area (Å²) in [5, 5.41) is 3.24. The molecule has 1 aliphatic rings. The third kappa shape index (κ3) is 3.29. The van der Waals surface area contributed by atoms with Gasteiger partial charge in [-0.05, 0) is 49.4 Å². The Hall–Kier alpha value is -0.960. The van der Waals surface area contributed by atoms with Crippen molar-refractivity contribution >= 4 is 0 Å². The van der Waals surface area contributed by atoms with Crippen LogP contribution < -0.4 is 5.32 Å². The van der Waals surface area contributed by atoms with Crippen LogP contribution in [-0.4, -0.2) is 13.6 Å². The van der Waals surface area contributed by atoms with E-state index < -0.39 is 11.6 Å². The Balaban J connectivity index is 2.17. The molecule has 0 spiro atoms. The standard InChI is InChI=1S/C15H21F2N/c1-18-11-15(5-3-2-4-6-15)10-12-7-13(16)9-14(17)8-12/h7-9,18H,2-6,10-11H2,1H3. The fourth-order valence-corrected chi connectivity index (χ4v) is 3.24. The summed E-state index contributed by atoms with van der Waals surface area (Å²) in [6, 6.07) is 3.87. The Morgan fingerprint density at radius 2 is 1.67 bits per heavy atom. The number of hydrogen-bond acceptors (Lipinski definition) is 1. The van der Waals surface area contributed by atoms with Gasteiger partial charge in [-0.2, -0.15) is 0 Å². The van der Waals surface area contributed by atoms with Crippen LogP contribution in [0.3, 0.4) is 0 Å². The molecule has 1 N–H and O–H groups in total. The van der Waals surface area contributed by atoms with E-state index in [1.165, 1.54) is 31.4 Å². The van der Waals surface area contributed by atoms with Gasteiger partial charge in [-0.3, -0.25) is 0 Å². The van der Waals surface area contributed by atoms with Gasteiger partial charge in [0.1, 0.15) is 11.6 Å². The van der Waals surface area contributed by atoms with Crippen molar-refractivity contribution in [3.8, 4) is 0 Å². The summed E-state index contributed by atoms with van der Waals surface area (Å²) in [7, 11) is 1.95. The highest BCUT2D eigenvalue weighted by molar-refractivity contribution is 5.19. The van der Waals surface area contributed by atoms with Crippen molar-refractivity contribution in [3.63, 3.8) is 0 Å². The number of benzene rings is 1. The van der Waals surface area contributed by atoms with Gasteiger partial charge in [0.15, 0.2) is 0 Å². The van der Waals surface area contributed by atoms with Gasteiger partial charge in [0.05, 0.1) is 0 Å². The first kappa shape index (κ1) is 13.5. The fraction of sp³-hybridized carbons (Fsp3) is 0.600. The molecular formula is C15H21F2N. The van der Waals surface area contributed by atoms with Crippen LogP contribution in [-0.2, 0) is 6.42 Å². The molecule has 3 heteroatoms. The predicted octanol–water partition coefficient (Wildman–Crippen LogP) is 3.68. The van der Waals surface area contributed by atoms with Gasteiger partial charge in [0, 0.05) is 12.6 Å². The van der Waals surface area contributed by atoms with Crippen molar-refractivity contribution in [1.29, 1.82) is 0 Å². The molecule has 0 heterocycles. The van der Waals surface area contributed by atoms with Crippen LogP contribution in [0, 0.1) is 17.0 Å². The molecule has 1 saturated carbocycles. The highest BCUT2D eigenvalue weighted by Crippen LogP contribution is 2.38. The minimum Gasteiger partial charge on any atom is -0.319 e. The fourth-order valence-electron chi connectivity index (χ4n) is 3.24. The Morgan fingerprint density at radius 1 is 1.06 bits per heavy atom. The Labute approximate surface area is 108 Å². The van der Waals surface area contributed by atoms with Crippen molar-refractivity contribution in [2.45, 2.75) is 38.5 Å². The van der Waals surface area contributed by atoms with E-state index >= 15 is 0 Å². The first-order valence-corrected chi connectivity index (χ1v) is 6.73. The smallest absolute Gasteiger partial charge is 0.126 e. The maximum atomic E-state index is 13.2. The van der Waals surface area contributed by atoms with E-state index in [9.17, 15) is 8.78 Å². The molecule has 0 amide bonds. The molecule has 2 rings (SSSR count). The molecule has 0 aromatic heterocycles. The average molecular weight is 253 g/mol. The first-order valence-electron chi connectivity index (χ1n) is 6.73. The molecule has 1 aromatic carbocycles. The van der Waals surface area contributed by atoms with Crippen LogP contribution in [0.25, 0.3) is 0 Å². The van der Waals surface area contributed by atoms with Crippen molar-refractivity contribution in [2.24, 2.45) is 5.41 Å². The van der Waals surface area contributed by atoms with Crippen LogP contribution >= 0.6 is 0 Å². The van der Waals surface area contributed by atoms with Gasteiger partial charge >= 0.3 is 0 Å². The van der Waals surface area contributed by atoms with Crippen molar-refractivity contribution in [2.75, 3.05) is 13.6 Å². The number of nitrogens with one attached hydrogen (secondary N) is 1. The summed E-state index contributed by atoms with van der Waals surface area (Å²) in [5.41, 5.74) is 0.956. The van der Waals surface area contributed by atoms with Gasteiger partial charge in [-0.1, -0.05) is 19.3 Å². The Kier molecular flexibility index (Phi) is 4.33. The lowest BCUT2D eigenvalue weighted by atomic mass is 9.70. The predicted molar refractivity (Wildman–Crippen MR) is 69.5 cm³/mol. The lowest BCUT2D eigenvalue weighted by Gasteiger charge is -2.37. The zero-order valence-electron chi connectivity index (χ0n) is 10.9. The molecule has 0 unspecified atom stereocenters. The van der Waals surface area contributed by atoms with E-state index in [0.717, 1.165) is 37.4 Å². The normalized spacial score (nSPS) is 18.8. The van der Waals surface area contributed by atoms with Gasteiger partial charge in [-0.25, -0.2) is 8.78 Å². The molecule has 100 valence electrons. The van der Waals surface area contributed by atoms with Gasteiger partial charge in [-0.15, -0.1) is 0 Å². The highest BCUT2D eigenvalue weighted by atomic mass is 19.1. The molecule has 0 saturated heterocycles. The van der Waals surface area contributed by atoms with Crippen LogP contribution in [0.2, 0.25) is 0 Å². The van der Waals surface area contributed by atoms with Crippen molar-refractivity contribution in [1.82, 2.24) is 5.32 Å². The largest absolute Gasteiger partial charge is 0.319 e. The zero-order chi connectivity index (χ0) is 13.0. The quantitative estimate of drug-likeness (QED) is 0.863. The molecule has 0 radical (unpaired) electrons. The second-order valence-electron chi connectivity index (χ2n) is 5.55. The second kappa shape index (κ2) is 5.79. The number of halogens is 2. The minimum atomic E-state index is -0.472. The van der Waals surface area contributed by atoms with Gasteiger partial charge in [0.25, 0.3) is 0 Å². The van der Waals surface area contributed by atoms with E-state index in [0.29, 0.717) is 0 Å². The minimum absolute atomic E-state index is 0.174. The van der Waals surface area contributed by atoms with E-state index in [4.69, 9.17) is 0 Å². The molecule has 1 aliphatic carbocycles. The number of rotatable bonds is 4. The molecule has 0 aliphatic heterocycles. The third-order valence-electron chi connectivity index (χ3n) is 3.97. The summed E-state index contributed by atoms with van der Waals surface area (Å²) in [4.78, 5) is 0. The van der Waals surface area contributed by atoms with Crippen LogP contribution in [0.5, 0.6) is 0 Å². The summed E-state index contributed by atoms with van der Waals surface area (Å²) >= 11 is 0. The average Bonchev–Trinajstić information content (AvgIpc) is 2.28. The maximum absolute atomic E-state index is 13.2. The first-order chi connectivity index (χ1) is 8.63. The summed E-state index contributed by atoms with van der Waals surface area (Å²) in [6.45, 7) is 0.922. The Morgan fingerprint density at radius 3 is 2.22 bits per heavy atom. The lowest BCUT2D eigenvalue weighted by Crippen LogP contribution is -2.36. The van der Waals surface area contributed by atoms with Crippen LogP contribution in [0.1, 0.15) is 37.7 Å². The lowest BCUT2D eigenvalue weighted by molar-refractivity contribution is 0.184. The summed E-state index contributed by atoms with van der Waals surface area (Å²) in [5.74, 6) is -0.944. The van der Waals surface area contributed by atoms with Crippen molar-refractivity contribution < 1.29 is 8.78 Å². The van der Waals surface area contributed by atoms with Gasteiger partial charge < -0.3 is 5.32 Å². The van der Waals surface area contributed by atoms with E-state index in [2.05, 4.69) is 5.32 Å².